The van der Waals surface area contributed by atoms with Crippen molar-refractivity contribution in [3.05, 3.63) is 46.6 Å². The summed E-state index contributed by atoms with van der Waals surface area (Å²) in [6, 6.07) is 7.18. The molecule has 0 spiro atoms. The second kappa shape index (κ2) is 8.16. The summed E-state index contributed by atoms with van der Waals surface area (Å²) in [7, 11) is -1.82. The first kappa shape index (κ1) is 21.7. The topological polar surface area (TPSA) is 56.2 Å². The lowest BCUT2D eigenvalue weighted by Crippen LogP contribution is -2.44. The Morgan fingerprint density at radius 1 is 1.33 bits per heavy atom. The number of carbonyl (C=O) groups is 1. The lowest BCUT2D eigenvalue weighted by Gasteiger charge is -2.38. The summed E-state index contributed by atoms with van der Waals surface area (Å²) in [5, 5.41) is 7.86. The van der Waals surface area contributed by atoms with E-state index in [9.17, 15) is 4.79 Å². The van der Waals surface area contributed by atoms with Crippen LogP contribution in [0.5, 0.6) is 0 Å². The zero-order valence-electron chi connectivity index (χ0n) is 17.3. The van der Waals surface area contributed by atoms with Gasteiger partial charge in [0.2, 0.25) is 0 Å². The molecule has 0 aliphatic heterocycles. The van der Waals surface area contributed by atoms with Gasteiger partial charge in [0.1, 0.15) is 0 Å². The lowest BCUT2D eigenvalue weighted by atomic mass is 10.1. The van der Waals surface area contributed by atoms with Crippen LogP contribution in [0.1, 0.15) is 43.6 Å². The van der Waals surface area contributed by atoms with Crippen LogP contribution in [0.3, 0.4) is 0 Å². The summed E-state index contributed by atoms with van der Waals surface area (Å²) < 4.78 is 8.17. The first-order valence-electron chi connectivity index (χ1n) is 9.18. The molecule has 0 fully saturated rings. The normalized spacial score (nSPS) is 13.5. The van der Waals surface area contributed by atoms with Crippen LogP contribution in [0, 0.1) is 6.92 Å². The van der Waals surface area contributed by atoms with E-state index in [4.69, 9.17) is 16.0 Å². The minimum atomic E-state index is -1.82. The van der Waals surface area contributed by atoms with Crippen molar-refractivity contribution >= 4 is 31.6 Å². The van der Waals surface area contributed by atoms with E-state index in [0.717, 1.165) is 5.56 Å². The maximum Gasteiger partial charge on any atom is 0.258 e. The predicted molar refractivity (Wildman–Crippen MR) is 114 cm³/mol. The average molecular weight is 408 g/mol. The maximum absolute atomic E-state index is 12.5. The first-order chi connectivity index (χ1) is 12.4. The highest BCUT2D eigenvalue weighted by atomic mass is 35.5. The minimum absolute atomic E-state index is 0.0418. The number of benzene rings is 1. The fourth-order valence-corrected chi connectivity index (χ4v) is 4.35. The van der Waals surface area contributed by atoms with E-state index in [0.29, 0.717) is 22.9 Å². The Bertz CT molecular complexity index is 792. The quantitative estimate of drug-likeness (QED) is 0.642. The van der Waals surface area contributed by atoms with Crippen LogP contribution in [0.4, 0.5) is 5.82 Å². The SMILES string of the molecule is Cc1cccc(Cl)c1C(=O)Nc1ccn(CC(C)O[Si](C)(C)C(C)(C)C)n1. The zero-order valence-corrected chi connectivity index (χ0v) is 19.0. The van der Waals surface area contributed by atoms with E-state index >= 15 is 0 Å². The number of carbonyl (C=O) groups excluding carboxylic acids is 1. The van der Waals surface area contributed by atoms with Crippen LogP contribution in [0.15, 0.2) is 30.5 Å². The third-order valence-electron chi connectivity index (χ3n) is 5.08. The Morgan fingerprint density at radius 3 is 2.59 bits per heavy atom. The molecular formula is C20H30ClN3O2Si. The molecule has 1 amide bonds. The Kier molecular flexibility index (Phi) is 6.55. The van der Waals surface area contributed by atoms with Gasteiger partial charge in [0.05, 0.1) is 23.2 Å². The Hall–Kier alpha value is -1.63. The fourth-order valence-electron chi connectivity index (χ4n) is 2.61. The molecule has 7 heteroatoms. The van der Waals surface area contributed by atoms with Crippen molar-refractivity contribution in [3.63, 3.8) is 0 Å². The van der Waals surface area contributed by atoms with E-state index in [1.807, 2.05) is 25.3 Å². The van der Waals surface area contributed by atoms with E-state index in [2.05, 4.69) is 51.2 Å². The van der Waals surface area contributed by atoms with Gasteiger partial charge in [-0.05, 0) is 43.6 Å². The highest BCUT2D eigenvalue weighted by Crippen LogP contribution is 2.37. The van der Waals surface area contributed by atoms with Gasteiger partial charge in [-0.15, -0.1) is 0 Å². The largest absolute Gasteiger partial charge is 0.412 e. The molecule has 1 N–H and O–H groups in total. The van der Waals surface area contributed by atoms with Crippen LogP contribution in [-0.4, -0.2) is 30.1 Å². The zero-order chi connectivity index (χ0) is 20.4. The maximum atomic E-state index is 12.5. The highest BCUT2D eigenvalue weighted by molar-refractivity contribution is 6.74. The first-order valence-corrected chi connectivity index (χ1v) is 12.5. The number of aryl methyl sites for hydroxylation is 1. The van der Waals surface area contributed by atoms with Crippen molar-refractivity contribution in [1.82, 2.24) is 9.78 Å². The lowest BCUT2D eigenvalue weighted by molar-refractivity contribution is 0.102. The van der Waals surface area contributed by atoms with Gasteiger partial charge < -0.3 is 9.74 Å². The number of nitrogens with one attached hydrogen (secondary N) is 1. The molecule has 0 saturated heterocycles. The number of nitrogens with zero attached hydrogens (tertiary/aromatic N) is 2. The van der Waals surface area contributed by atoms with Gasteiger partial charge in [0.25, 0.3) is 5.91 Å². The van der Waals surface area contributed by atoms with E-state index in [-0.39, 0.29) is 17.0 Å². The summed E-state index contributed by atoms with van der Waals surface area (Å²) in [4.78, 5) is 12.5. The van der Waals surface area contributed by atoms with Crippen molar-refractivity contribution in [1.29, 1.82) is 0 Å². The molecule has 1 aromatic heterocycles. The number of hydrogen-bond acceptors (Lipinski definition) is 3. The van der Waals surface area contributed by atoms with Crippen LogP contribution >= 0.6 is 11.6 Å². The number of anilines is 1. The molecule has 1 unspecified atom stereocenters. The molecule has 1 heterocycles. The molecule has 0 bridgehead atoms. The third kappa shape index (κ3) is 5.43. The molecule has 1 atom stereocenters. The molecule has 0 saturated carbocycles. The van der Waals surface area contributed by atoms with Crippen molar-refractivity contribution in [3.8, 4) is 0 Å². The average Bonchev–Trinajstić information content (AvgIpc) is 2.91. The van der Waals surface area contributed by atoms with Crippen LogP contribution in [-0.2, 0) is 11.0 Å². The minimum Gasteiger partial charge on any atom is -0.412 e. The Balaban J connectivity index is 2.02. The summed E-state index contributed by atoms with van der Waals surface area (Å²) in [6.45, 7) is 15.7. The summed E-state index contributed by atoms with van der Waals surface area (Å²) in [6.07, 6.45) is 1.89. The summed E-state index contributed by atoms with van der Waals surface area (Å²) in [5.74, 6) is 0.243. The molecule has 2 rings (SSSR count). The molecule has 1 aromatic carbocycles. The van der Waals surface area contributed by atoms with Gasteiger partial charge in [0, 0.05) is 12.3 Å². The number of rotatable bonds is 6. The van der Waals surface area contributed by atoms with Gasteiger partial charge in [0.15, 0.2) is 14.1 Å². The van der Waals surface area contributed by atoms with Crippen LogP contribution < -0.4 is 5.32 Å². The van der Waals surface area contributed by atoms with E-state index in [1.54, 1.807) is 16.8 Å². The van der Waals surface area contributed by atoms with Gasteiger partial charge in [-0.1, -0.05) is 44.5 Å². The van der Waals surface area contributed by atoms with Crippen LogP contribution in [0.2, 0.25) is 23.2 Å². The third-order valence-corrected chi connectivity index (χ3v) is 10.00. The van der Waals surface area contributed by atoms with Crippen molar-refractivity contribution in [2.75, 3.05) is 5.32 Å². The molecule has 27 heavy (non-hydrogen) atoms. The molecule has 0 radical (unpaired) electrons. The molecule has 148 valence electrons. The highest BCUT2D eigenvalue weighted by Gasteiger charge is 2.38. The number of halogens is 1. The summed E-state index contributed by atoms with van der Waals surface area (Å²) >= 11 is 6.16. The number of hydrogen-bond donors (Lipinski definition) is 1. The van der Waals surface area contributed by atoms with Gasteiger partial charge in [-0.3, -0.25) is 9.48 Å². The smallest absolute Gasteiger partial charge is 0.258 e. The molecule has 0 aliphatic rings. The fraction of sp³-hybridized carbons (Fsp3) is 0.500. The second-order valence-corrected chi connectivity index (χ2v) is 13.7. The van der Waals surface area contributed by atoms with Crippen molar-refractivity contribution in [2.45, 2.75) is 65.4 Å². The van der Waals surface area contributed by atoms with Gasteiger partial charge in [-0.2, -0.15) is 5.10 Å². The molecule has 0 aliphatic carbocycles. The van der Waals surface area contributed by atoms with Crippen molar-refractivity contribution < 1.29 is 9.22 Å². The number of aromatic nitrogens is 2. The molecule has 2 aromatic rings. The molecular weight excluding hydrogens is 378 g/mol. The molecule has 5 nitrogen and oxygen atoms in total. The van der Waals surface area contributed by atoms with Crippen molar-refractivity contribution in [2.24, 2.45) is 0 Å². The monoisotopic (exact) mass is 407 g/mol. The summed E-state index contributed by atoms with van der Waals surface area (Å²) in [5.41, 5.74) is 1.30. The van der Waals surface area contributed by atoms with Gasteiger partial charge in [-0.25, -0.2) is 0 Å². The van der Waals surface area contributed by atoms with E-state index < -0.39 is 8.32 Å². The van der Waals surface area contributed by atoms with Crippen LogP contribution in [0.25, 0.3) is 0 Å². The standard InChI is InChI=1S/C20H30ClN3O2Si/c1-14-9-8-10-16(21)18(14)19(25)22-17-11-12-24(23-17)13-15(2)26-27(6,7)20(3,4)5/h8-12,15H,13H2,1-7H3,(H,22,23,25). The predicted octanol–water partition coefficient (Wildman–Crippen LogP) is 5.51. The number of amides is 1. The van der Waals surface area contributed by atoms with Gasteiger partial charge >= 0.3 is 0 Å². The Labute approximate surface area is 168 Å². The second-order valence-electron chi connectivity index (χ2n) is 8.50. The Morgan fingerprint density at radius 2 is 2.00 bits per heavy atom. The van der Waals surface area contributed by atoms with E-state index in [1.165, 1.54) is 0 Å².